The van der Waals surface area contributed by atoms with Crippen molar-refractivity contribution in [1.29, 1.82) is 0 Å². The first-order chi connectivity index (χ1) is 15.9. The normalized spacial score (nSPS) is 18.7. The van der Waals surface area contributed by atoms with Crippen LogP contribution in [-0.2, 0) is 9.59 Å². The highest BCUT2D eigenvalue weighted by atomic mass is 79.9. The van der Waals surface area contributed by atoms with Crippen LogP contribution < -0.4 is 5.32 Å². The molecule has 33 heavy (non-hydrogen) atoms. The molecule has 1 aliphatic rings. The largest absolute Gasteiger partial charge is 0.380 e. The molecule has 4 N–H and O–H groups in total. The van der Waals surface area contributed by atoms with E-state index < -0.39 is 30.1 Å². The van der Waals surface area contributed by atoms with Crippen LogP contribution in [0.3, 0.4) is 0 Å². The van der Waals surface area contributed by atoms with Gasteiger partial charge in [0.05, 0.1) is 34.1 Å². The van der Waals surface area contributed by atoms with E-state index in [0.29, 0.717) is 13.0 Å². The van der Waals surface area contributed by atoms with E-state index >= 15 is 0 Å². The molecule has 2 aromatic heterocycles. The molecule has 3 heterocycles. The smallest absolute Gasteiger partial charge is 0.255 e. The Balaban J connectivity index is 1.38. The van der Waals surface area contributed by atoms with Crippen molar-refractivity contribution in [3.63, 3.8) is 0 Å². The minimum atomic E-state index is -1.89. The molecule has 174 valence electrons. The Morgan fingerprint density at radius 1 is 1.24 bits per heavy atom. The lowest BCUT2D eigenvalue weighted by atomic mass is 10.1. The lowest BCUT2D eigenvalue weighted by Gasteiger charge is -2.28. The van der Waals surface area contributed by atoms with Gasteiger partial charge in [-0.15, -0.1) is 0 Å². The second kappa shape index (κ2) is 9.86. The zero-order valence-corrected chi connectivity index (χ0v) is 19.5. The predicted octanol–water partition coefficient (Wildman–Crippen LogP) is 1.62. The van der Waals surface area contributed by atoms with E-state index in [0.717, 1.165) is 27.8 Å². The number of amides is 2. The van der Waals surface area contributed by atoms with E-state index in [1.165, 1.54) is 4.90 Å². The van der Waals surface area contributed by atoms with Crippen LogP contribution in [0.15, 0.2) is 53.4 Å². The van der Waals surface area contributed by atoms with Crippen molar-refractivity contribution in [2.24, 2.45) is 0 Å². The van der Waals surface area contributed by atoms with Crippen molar-refractivity contribution in [2.45, 2.75) is 44.1 Å². The standard InChI is InChI=1S/C22H25BrN6O4/c1-13(14-5-7-15(8-6-14)29-11-3-9-25-29)26-21(32)19(30)20(31)22(33)28-10-2-4-17(28)18-16(23)12-24-27-18/h3,5-9,11-13,17,19-20,30-31H,2,4,10H2,1H3,(H,24,27)(H,26,32)/t13-,17-,19-,20-/m1/s1. The van der Waals surface area contributed by atoms with Gasteiger partial charge < -0.3 is 20.4 Å². The number of aliphatic hydroxyl groups excluding tert-OH is 2. The number of benzene rings is 1. The van der Waals surface area contributed by atoms with Crippen molar-refractivity contribution >= 4 is 27.7 Å². The lowest BCUT2D eigenvalue weighted by molar-refractivity contribution is -0.154. The average Bonchev–Trinajstić information content (AvgIpc) is 3.59. The van der Waals surface area contributed by atoms with Crippen LogP contribution in [0.25, 0.3) is 5.69 Å². The second-order valence-corrected chi connectivity index (χ2v) is 8.84. The third kappa shape index (κ3) is 4.85. The number of nitrogens with zero attached hydrogens (tertiary/aromatic N) is 4. The van der Waals surface area contributed by atoms with Gasteiger partial charge in [-0.25, -0.2) is 4.68 Å². The molecule has 1 fully saturated rings. The maximum Gasteiger partial charge on any atom is 0.255 e. The fourth-order valence-corrected chi connectivity index (χ4v) is 4.47. The molecular formula is C22H25BrN6O4. The number of halogens is 1. The molecule has 1 aliphatic heterocycles. The number of hydrogen-bond acceptors (Lipinski definition) is 6. The van der Waals surface area contributed by atoms with Crippen LogP contribution in [0, 0.1) is 0 Å². The summed E-state index contributed by atoms with van der Waals surface area (Å²) in [5.74, 6) is -1.52. The quantitative estimate of drug-likeness (QED) is 0.376. The number of carbonyl (C=O) groups excluding carboxylic acids is 2. The van der Waals surface area contributed by atoms with Gasteiger partial charge in [0.15, 0.2) is 12.2 Å². The van der Waals surface area contributed by atoms with Gasteiger partial charge in [0.2, 0.25) is 0 Å². The third-order valence-corrected chi connectivity index (χ3v) is 6.46. The molecule has 0 unspecified atom stereocenters. The molecule has 11 heteroatoms. The number of H-pyrrole nitrogens is 1. The number of aliphatic hydroxyl groups is 2. The van der Waals surface area contributed by atoms with E-state index in [2.05, 4.69) is 36.5 Å². The summed E-state index contributed by atoms with van der Waals surface area (Å²) in [6.45, 7) is 2.17. The lowest BCUT2D eigenvalue weighted by Crippen LogP contribution is -2.51. The van der Waals surface area contributed by atoms with Crippen LogP contribution in [0.2, 0.25) is 0 Å². The van der Waals surface area contributed by atoms with E-state index in [9.17, 15) is 19.8 Å². The highest BCUT2D eigenvalue weighted by Crippen LogP contribution is 2.35. The zero-order chi connectivity index (χ0) is 23.5. The molecule has 4 rings (SSSR count). The summed E-state index contributed by atoms with van der Waals surface area (Å²) in [7, 11) is 0. The van der Waals surface area contributed by atoms with Gasteiger partial charge in [0.1, 0.15) is 0 Å². The molecule has 1 aromatic carbocycles. The molecule has 10 nitrogen and oxygen atoms in total. The Bertz CT molecular complexity index is 1100. The first-order valence-electron chi connectivity index (χ1n) is 10.6. The maximum atomic E-state index is 12.9. The van der Waals surface area contributed by atoms with E-state index in [4.69, 9.17) is 0 Å². The molecule has 3 aromatic rings. The number of likely N-dealkylation sites (tertiary alicyclic amines) is 1. The minimum Gasteiger partial charge on any atom is -0.380 e. The third-order valence-electron chi connectivity index (χ3n) is 5.83. The molecule has 2 amide bonds. The van der Waals surface area contributed by atoms with Crippen molar-refractivity contribution in [3.05, 3.63) is 64.7 Å². The minimum absolute atomic E-state index is 0.313. The SMILES string of the molecule is C[C@@H](NC(=O)[C@H](O)[C@@H](O)C(=O)N1CCC[C@@H]1c1[nH]ncc1Br)c1ccc(-n2cccn2)cc1. The van der Waals surface area contributed by atoms with Crippen LogP contribution in [0.5, 0.6) is 0 Å². The predicted molar refractivity (Wildman–Crippen MR) is 122 cm³/mol. The summed E-state index contributed by atoms with van der Waals surface area (Å²) in [5.41, 5.74) is 2.39. The molecule has 1 saturated heterocycles. The summed E-state index contributed by atoms with van der Waals surface area (Å²) in [6.07, 6.45) is 2.76. The monoisotopic (exact) mass is 516 g/mol. The van der Waals surface area contributed by atoms with Crippen molar-refractivity contribution in [2.75, 3.05) is 6.54 Å². The molecule has 0 saturated carbocycles. The van der Waals surface area contributed by atoms with Crippen LogP contribution >= 0.6 is 15.9 Å². The summed E-state index contributed by atoms with van der Waals surface area (Å²) in [4.78, 5) is 26.9. The van der Waals surface area contributed by atoms with Crippen molar-refractivity contribution in [1.82, 2.24) is 30.2 Å². The van der Waals surface area contributed by atoms with Gasteiger partial charge >= 0.3 is 0 Å². The Hall–Kier alpha value is -3.02. The molecule has 4 atom stereocenters. The molecular weight excluding hydrogens is 492 g/mol. The van der Waals surface area contributed by atoms with Crippen LogP contribution in [0.1, 0.15) is 43.1 Å². The molecule has 0 aliphatic carbocycles. The first kappa shape index (κ1) is 23.1. The summed E-state index contributed by atoms with van der Waals surface area (Å²) in [5, 5.41) is 34.5. The van der Waals surface area contributed by atoms with E-state index in [1.807, 2.05) is 36.5 Å². The zero-order valence-electron chi connectivity index (χ0n) is 17.9. The number of aromatic nitrogens is 4. The van der Waals surface area contributed by atoms with Gasteiger partial charge in [-0.2, -0.15) is 10.2 Å². The van der Waals surface area contributed by atoms with Crippen molar-refractivity contribution in [3.8, 4) is 5.69 Å². The van der Waals surface area contributed by atoms with E-state index in [1.54, 1.807) is 24.0 Å². The first-order valence-corrected chi connectivity index (χ1v) is 11.4. The number of rotatable bonds is 7. The maximum absolute atomic E-state index is 12.9. The van der Waals surface area contributed by atoms with Crippen molar-refractivity contribution < 1.29 is 19.8 Å². The highest BCUT2D eigenvalue weighted by molar-refractivity contribution is 9.10. The topological polar surface area (TPSA) is 136 Å². The summed E-state index contributed by atoms with van der Waals surface area (Å²) >= 11 is 3.39. The second-order valence-electron chi connectivity index (χ2n) is 7.98. The van der Waals surface area contributed by atoms with Gasteiger partial charge in [0, 0.05) is 18.9 Å². The van der Waals surface area contributed by atoms with E-state index in [-0.39, 0.29) is 6.04 Å². The Morgan fingerprint density at radius 2 is 2.00 bits per heavy atom. The summed E-state index contributed by atoms with van der Waals surface area (Å²) in [6, 6.07) is 8.47. The number of aromatic amines is 1. The fourth-order valence-electron chi connectivity index (χ4n) is 4.01. The van der Waals surface area contributed by atoms with Gasteiger partial charge in [-0.05, 0) is 59.5 Å². The number of carbonyl (C=O) groups is 2. The highest BCUT2D eigenvalue weighted by Gasteiger charge is 2.39. The van der Waals surface area contributed by atoms with Crippen LogP contribution in [0.4, 0.5) is 0 Å². The molecule has 0 radical (unpaired) electrons. The van der Waals surface area contributed by atoms with Crippen LogP contribution in [-0.4, -0.2) is 65.7 Å². The van der Waals surface area contributed by atoms with Gasteiger partial charge in [-0.3, -0.25) is 14.7 Å². The van der Waals surface area contributed by atoms with Gasteiger partial charge in [-0.1, -0.05) is 12.1 Å². The average molecular weight is 517 g/mol. The Kier molecular flexibility index (Phi) is 6.91. The number of hydrogen-bond donors (Lipinski definition) is 4. The fraction of sp³-hybridized carbons (Fsp3) is 0.364. The Morgan fingerprint density at radius 3 is 2.64 bits per heavy atom. The molecule has 0 bridgehead atoms. The Labute approximate surface area is 198 Å². The number of nitrogens with one attached hydrogen (secondary N) is 2. The molecule has 0 spiro atoms. The van der Waals surface area contributed by atoms with Gasteiger partial charge in [0.25, 0.3) is 11.8 Å². The summed E-state index contributed by atoms with van der Waals surface area (Å²) < 4.78 is 2.44.